The van der Waals surface area contributed by atoms with Crippen LogP contribution in [0.4, 0.5) is 4.39 Å². The molecule has 2 aromatic rings. The Balaban J connectivity index is 2.26. The fraction of sp³-hybridized carbons (Fsp3) is 0.238. The first-order chi connectivity index (χ1) is 12.2. The topological polar surface area (TPSA) is 63.6 Å². The molecular weight excluding hydrogens is 335 g/mol. The van der Waals surface area contributed by atoms with Crippen LogP contribution in [0.1, 0.15) is 36.1 Å². The van der Waals surface area contributed by atoms with Crippen LogP contribution in [0.15, 0.2) is 42.5 Å². The van der Waals surface area contributed by atoms with E-state index in [4.69, 9.17) is 0 Å². The lowest BCUT2D eigenvalue weighted by atomic mass is 9.84. The molecule has 0 radical (unpaired) electrons. The molecule has 0 fully saturated rings. The van der Waals surface area contributed by atoms with Gasteiger partial charge < -0.3 is 9.84 Å². The number of carboxylic acid groups (broad SMARTS) is 1. The van der Waals surface area contributed by atoms with Gasteiger partial charge in [-0.2, -0.15) is 0 Å². The molecule has 0 heterocycles. The number of carbonyl (C=O) groups is 2. The van der Waals surface area contributed by atoms with Gasteiger partial charge in [-0.05, 0) is 49.2 Å². The Morgan fingerprint density at radius 1 is 1.12 bits per heavy atom. The van der Waals surface area contributed by atoms with E-state index in [1.807, 2.05) is 0 Å². The number of carboxylic acids is 1. The van der Waals surface area contributed by atoms with E-state index in [0.717, 1.165) is 0 Å². The number of carbonyl (C=O) groups excluding carboxylic acids is 1. The van der Waals surface area contributed by atoms with Crippen molar-refractivity contribution in [2.45, 2.75) is 25.7 Å². The van der Waals surface area contributed by atoms with Gasteiger partial charge in [0.2, 0.25) is 0 Å². The predicted molar refractivity (Wildman–Crippen MR) is 95.2 cm³/mol. The molecule has 0 aliphatic rings. The van der Waals surface area contributed by atoms with Crippen molar-refractivity contribution in [3.05, 3.63) is 70.5 Å². The molecule has 26 heavy (non-hydrogen) atoms. The van der Waals surface area contributed by atoms with Gasteiger partial charge in [-0.15, -0.1) is 0 Å². The van der Waals surface area contributed by atoms with Crippen molar-refractivity contribution in [3.8, 4) is 11.8 Å². The highest BCUT2D eigenvalue weighted by Gasteiger charge is 2.29. The molecule has 0 amide bonds. The summed E-state index contributed by atoms with van der Waals surface area (Å²) >= 11 is 0. The monoisotopic (exact) mass is 354 g/mol. The smallest absolute Gasteiger partial charge is 0.313 e. The molecule has 0 aliphatic heterocycles. The lowest BCUT2D eigenvalue weighted by molar-refractivity contribution is -0.142. The Bertz CT molecular complexity index is 904. The van der Waals surface area contributed by atoms with Crippen LogP contribution in [0, 0.1) is 17.7 Å². The number of aliphatic carboxylic acids is 1. The largest absolute Gasteiger partial charge is 0.481 e. The summed E-state index contributed by atoms with van der Waals surface area (Å²) in [4.78, 5) is 22.6. The number of ether oxygens (including phenoxy) is 1. The van der Waals surface area contributed by atoms with Crippen LogP contribution in [0.2, 0.25) is 0 Å². The molecule has 2 rings (SSSR count). The molecule has 0 atom stereocenters. The molecule has 4 nitrogen and oxygen atoms in total. The summed E-state index contributed by atoms with van der Waals surface area (Å²) < 4.78 is 18.6. The quantitative estimate of drug-likeness (QED) is 0.676. The number of rotatable bonds is 4. The van der Waals surface area contributed by atoms with Crippen LogP contribution >= 0.6 is 0 Å². The van der Waals surface area contributed by atoms with Gasteiger partial charge in [-0.1, -0.05) is 30.0 Å². The molecular formula is C21H19FO4. The zero-order valence-electron chi connectivity index (χ0n) is 14.8. The molecule has 5 heteroatoms. The number of benzene rings is 2. The number of methoxy groups -OCH3 is 1. The van der Waals surface area contributed by atoms with Gasteiger partial charge in [0.25, 0.3) is 0 Å². The number of hydrogen-bond donors (Lipinski definition) is 1. The van der Waals surface area contributed by atoms with Crippen LogP contribution in [-0.4, -0.2) is 24.2 Å². The van der Waals surface area contributed by atoms with Crippen molar-refractivity contribution in [1.29, 1.82) is 0 Å². The molecule has 0 saturated carbocycles. The second kappa shape index (κ2) is 7.83. The van der Waals surface area contributed by atoms with E-state index in [-0.39, 0.29) is 12.0 Å². The van der Waals surface area contributed by atoms with Crippen molar-refractivity contribution in [1.82, 2.24) is 0 Å². The van der Waals surface area contributed by atoms with Crippen LogP contribution < -0.4 is 0 Å². The minimum absolute atomic E-state index is 0.137. The highest BCUT2D eigenvalue weighted by atomic mass is 19.1. The molecule has 0 aromatic heterocycles. The first kappa shape index (κ1) is 19.2. The molecule has 0 spiro atoms. The van der Waals surface area contributed by atoms with Gasteiger partial charge in [-0.25, -0.2) is 4.39 Å². The molecule has 0 aliphatic carbocycles. The molecule has 2 aromatic carbocycles. The minimum Gasteiger partial charge on any atom is -0.481 e. The highest BCUT2D eigenvalue weighted by molar-refractivity contribution is 5.80. The Morgan fingerprint density at radius 3 is 2.35 bits per heavy atom. The fourth-order valence-corrected chi connectivity index (χ4v) is 2.25. The van der Waals surface area contributed by atoms with Gasteiger partial charge in [0, 0.05) is 11.1 Å². The summed E-state index contributed by atoms with van der Waals surface area (Å²) in [5.41, 5.74) is 0.943. The third-order valence-electron chi connectivity index (χ3n) is 4.09. The molecule has 0 saturated heterocycles. The van der Waals surface area contributed by atoms with E-state index in [1.54, 1.807) is 44.2 Å². The van der Waals surface area contributed by atoms with Crippen LogP contribution in [0.3, 0.4) is 0 Å². The van der Waals surface area contributed by atoms with Gasteiger partial charge in [0.1, 0.15) is 5.82 Å². The van der Waals surface area contributed by atoms with Crippen molar-refractivity contribution in [2.24, 2.45) is 0 Å². The molecule has 0 unspecified atom stereocenters. The summed E-state index contributed by atoms with van der Waals surface area (Å²) in [6.45, 7) is 3.24. The zero-order valence-corrected chi connectivity index (χ0v) is 14.8. The van der Waals surface area contributed by atoms with Crippen LogP contribution in [0.25, 0.3) is 0 Å². The maximum atomic E-state index is 14.0. The van der Waals surface area contributed by atoms with E-state index in [0.29, 0.717) is 16.7 Å². The Labute approximate surface area is 151 Å². The maximum Gasteiger partial charge on any atom is 0.313 e. The van der Waals surface area contributed by atoms with Crippen molar-refractivity contribution in [2.75, 3.05) is 7.11 Å². The standard InChI is InChI=1S/C21H19FO4/c1-21(2,20(24)25)17-6-4-5-14(11-17)7-8-15-9-10-16(18(22)12-15)13-19(23)26-3/h4-6,9-12H,13H2,1-3H3,(H,24,25). The lowest BCUT2D eigenvalue weighted by Gasteiger charge is -2.19. The zero-order chi connectivity index (χ0) is 19.3. The molecule has 1 N–H and O–H groups in total. The average Bonchev–Trinajstić information content (AvgIpc) is 2.62. The van der Waals surface area contributed by atoms with Gasteiger partial charge in [0.15, 0.2) is 0 Å². The highest BCUT2D eigenvalue weighted by Crippen LogP contribution is 2.24. The summed E-state index contributed by atoms with van der Waals surface area (Å²) in [6, 6.07) is 11.3. The normalized spacial score (nSPS) is 10.6. The molecule has 134 valence electrons. The van der Waals surface area contributed by atoms with E-state index in [2.05, 4.69) is 16.6 Å². The van der Waals surface area contributed by atoms with Gasteiger partial charge in [-0.3, -0.25) is 9.59 Å². The summed E-state index contributed by atoms with van der Waals surface area (Å²) in [5, 5.41) is 9.32. The number of halogens is 1. The number of hydrogen-bond acceptors (Lipinski definition) is 3. The Kier molecular flexibility index (Phi) is 5.78. The second-order valence-electron chi connectivity index (χ2n) is 6.32. The average molecular weight is 354 g/mol. The first-order valence-electron chi connectivity index (χ1n) is 7.95. The summed E-state index contributed by atoms with van der Waals surface area (Å²) in [5.74, 6) is 3.80. The van der Waals surface area contributed by atoms with Crippen molar-refractivity contribution < 1.29 is 23.8 Å². The SMILES string of the molecule is COC(=O)Cc1ccc(C#Cc2cccc(C(C)(C)C(=O)O)c2)cc1F. The van der Waals surface area contributed by atoms with E-state index >= 15 is 0 Å². The third kappa shape index (κ3) is 4.48. The van der Waals surface area contributed by atoms with E-state index < -0.39 is 23.2 Å². The third-order valence-corrected chi connectivity index (χ3v) is 4.09. The lowest BCUT2D eigenvalue weighted by Crippen LogP contribution is -2.28. The van der Waals surface area contributed by atoms with Crippen LogP contribution in [0.5, 0.6) is 0 Å². The number of esters is 1. The second-order valence-corrected chi connectivity index (χ2v) is 6.32. The molecule has 0 bridgehead atoms. The van der Waals surface area contributed by atoms with Crippen molar-refractivity contribution >= 4 is 11.9 Å². The summed E-state index contributed by atoms with van der Waals surface area (Å²) in [7, 11) is 1.25. The predicted octanol–water partition coefficient (Wildman–Crippen LogP) is 3.30. The van der Waals surface area contributed by atoms with Gasteiger partial charge in [0.05, 0.1) is 18.9 Å². The summed E-state index contributed by atoms with van der Waals surface area (Å²) in [6.07, 6.45) is -0.137. The minimum atomic E-state index is -1.03. The fourth-order valence-electron chi connectivity index (χ4n) is 2.25. The Morgan fingerprint density at radius 2 is 1.77 bits per heavy atom. The van der Waals surface area contributed by atoms with Crippen molar-refractivity contribution in [3.63, 3.8) is 0 Å². The maximum absolute atomic E-state index is 14.0. The van der Waals surface area contributed by atoms with E-state index in [1.165, 1.54) is 19.2 Å². The van der Waals surface area contributed by atoms with Crippen LogP contribution in [-0.2, 0) is 26.2 Å². The van der Waals surface area contributed by atoms with E-state index in [9.17, 15) is 19.1 Å². The Hall–Kier alpha value is -3.13. The van der Waals surface area contributed by atoms with Gasteiger partial charge >= 0.3 is 11.9 Å². The first-order valence-corrected chi connectivity index (χ1v) is 7.95.